The van der Waals surface area contributed by atoms with E-state index >= 15 is 0 Å². The van der Waals surface area contributed by atoms with Gasteiger partial charge in [0.25, 0.3) is 0 Å². The molecule has 60 valence electrons. The number of anilines is 1. The molecule has 0 atom stereocenters. The Morgan fingerprint density at radius 2 is 2.27 bits per heavy atom. The minimum Gasteiger partial charge on any atom is -0.492 e. The molecule has 0 radical (unpaired) electrons. The molecule has 0 aliphatic rings. The van der Waals surface area contributed by atoms with Crippen LogP contribution in [-0.4, -0.2) is 6.61 Å². The normalized spacial score (nSPS) is 9.64. The highest BCUT2D eigenvalue weighted by Crippen LogP contribution is 2.27. The zero-order chi connectivity index (χ0) is 8.27. The molecule has 2 nitrogen and oxygen atoms in total. The minimum atomic E-state index is 0.609. The number of hydrogen-bond acceptors (Lipinski definition) is 3. The highest BCUT2D eigenvalue weighted by atomic mass is 32.1. The van der Waals surface area contributed by atoms with E-state index in [0.29, 0.717) is 18.0 Å². The summed E-state index contributed by atoms with van der Waals surface area (Å²) in [5.74, 6) is 0.708. The van der Waals surface area contributed by atoms with Crippen molar-refractivity contribution in [3.05, 3.63) is 18.2 Å². The van der Waals surface area contributed by atoms with E-state index in [1.807, 2.05) is 25.1 Å². The monoisotopic (exact) mass is 169 g/mol. The van der Waals surface area contributed by atoms with Gasteiger partial charge in [0.05, 0.1) is 12.3 Å². The first-order chi connectivity index (χ1) is 5.25. The zero-order valence-corrected chi connectivity index (χ0v) is 7.27. The van der Waals surface area contributed by atoms with Crippen LogP contribution in [0, 0.1) is 0 Å². The van der Waals surface area contributed by atoms with Crippen LogP contribution in [0.25, 0.3) is 0 Å². The molecule has 1 aromatic rings. The predicted octanol–water partition coefficient (Wildman–Crippen LogP) is 1.96. The number of ether oxygens (including phenoxy) is 1. The first-order valence-corrected chi connectivity index (χ1v) is 3.90. The van der Waals surface area contributed by atoms with E-state index < -0.39 is 0 Å². The minimum absolute atomic E-state index is 0.609. The highest BCUT2D eigenvalue weighted by molar-refractivity contribution is 7.80. The van der Waals surface area contributed by atoms with E-state index in [2.05, 4.69) is 12.6 Å². The lowest BCUT2D eigenvalue weighted by Crippen LogP contribution is -1.96. The summed E-state index contributed by atoms with van der Waals surface area (Å²) < 4.78 is 5.24. The molecule has 0 aromatic heterocycles. The van der Waals surface area contributed by atoms with Crippen molar-refractivity contribution >= 4 is 18.3 Å². The van der Waals surface area contributed by atoms with Crippen LogP contribution in [0.5, 0.6) is 5.75 Å². The molecule has 1 aromatic carbocycles. The molecule has 11 heavy (non-hydrogen) atoms. The summed E-state index contributed by atoms with van der Waals surface area (Å²) in [6.45, 7) is 2.55. The lowest BCUT2D eigenvalue weighted by molar-refractivity contribution is 0.341. The molecule has 3 heteroatoms. The van der Waals surface area contributed by atoms with Gasteiger partial charge in [-0.1, -0.05) is 6.07 Å². The third kappa shape index (κ3) is 1.80. The summed E-state index contributed by atoms with van der Waals surface area (Å²) in [6, 6.07) is 5.53. The Labute approximate surface area is 71.8 Å². The SMILES string of the molecule is CCOc1cccc(S)c1N. The van der Waals surface area contributed by atoms with Gasteiger partial charge in [0, 0.05) is 4.90 Å². The summed E-state index contributed by atoms with van der Waals surface area (Å²) in [5, 5.41) is 0. The molecule has 0 bridgehead atoms. The van der Waals surface area contributed by atoms with E-state index in [9.17, 15) is 0 Å². The number of benzene rings is 1. The van der Waals surface area contributed by atoms with Crippen LogP contribution < -0.4 is 10.5 Å². The number of nitrogen functional groups attached to an aromatic ring is 1. The molecule has 0 saturated heterocycles. The van der Waals surface area contributed by atoms with Crippen LogP contribution in [0.2, 0.25) is 0 Å². The third-order valence-electron chi connectivity index (χ3n) is 1.34. The Morgan fingerprint density at radius 1 is 1.55 bits per heavy atom. The zero-order valence-electron chi connectivity index (χ0n) is 6.37. The van der Waals surface area contributed by atoms with E-state index in [4.69, 9.17) is 10.5 Å². The fourth-order valence-corrected chi connectivity index (χ4v) is 1.01. The first-order valence-electron chi connectivity index (χ1n) is 3.46. The quantitative estimate of drug-likeness (QED) is 0.524. The molecule has 2 N–H and O–H groups in total. The summed E-state index contributed by atoms with van der Waals surface area (Å²) in [4.78, 5) is 0.760. The van der Waals surface area contributed by atoms with Crippen molar-refractivity contribution in [2.24, 2.45) is 0 Å². The second kappa shape index (κ2) is 3.53. The topological polar surface area (TPSA) is 35.2 Å². The van der Waals surface area contributed by atoms with Gasteiger partial charge in [0.15, 0.2) is 0 Å². The van der Waals surface area contributed by atoms with Gasteiger partial charge in [-0.15, -0.1) is 12.6 Å². The molecule has 0 amide bonds. The van der Waals surface area contributed by atoms with Gasteiger partial charge in [-0.25, -0.2) is 0 Å². The number of rotatable bonds is 2. The van der Waals surface area contributed by atoms with Gasteiger partial charge in [-0.3, -0.25) is 0 Å². The summed E-state index contributed by atoms with van der Waals surface area (Å²) in [5.41, 5.74) is 6.28. The summed E-state index contributed by atoms with van der Waals surface area (Å²) >= 11 is 4.16. The van der Waals surface area contributed by atoms with Gasteiger partial charge in [-0.05, 0) is 19.1 Å². The lowest BCUT2D eigenvalue weighted by Gasteiger charge is -2.07. The van der Waals surface area contributed by atoms with E-state index in [1.54, 1.807) is 0 Å². The van der Waals surface area contributed by atoms with Gasteiger partial charge in [-0.2, -0.15) is 0 Å². The van der Waals surface area contributed by atoms with Crippen molar-refractivity contribution in [3.8, 4) is 5.75 Å². The number of thiol groups is 1. The maximum atomic E-state index is 5.67. The third-order valence-corrected chi connectivity index (χ3v) is 1.73. The van der Waals surface area contributed by atoms with E-state index in [-0.39, 0.29) is 0 Å². The Bertz CT molecular complexity index is 250. The summed E-state index contributed by atoms with van der Waals surface area (Å²) in [6.07, 6.45) is 0. The van der Waals surface area contributed by atoms with Crippen molar-refractivity contribution in [2.75, 3.05) is 12.3 Å². The van der Waals surface area contributed by atoms with Crippen LogP contribution >= 0.6 is 12.6 Å². The smallest absolute Gasteiger partial charge is 0.143 e. The van der Waals surface area contributed by atoms with Crippen LogP contribution in [0.3, 0.4) is 0 Å². The molecule has 0 spiro atoms. The van der Waals surface area contributed by atoms with Gasteiger partial charge in [0.2, 0.25) is 0 Å². The maximum absolute atomic E-state index is 5.67. The second-order valence-electron chi connectivity index (χ2n) is 2.12. The number of para-hydroxylation sites is 1. The molecule has 0 saturated carbocycles. The van der Waals surface area contributed by atoms with Crippen LogP contribution in [0.4, 0.5) is 5.69 Å². The van der Waals surface area contributed by atoms with Gasteiger partial charge in [0.1, 0.15) is 5.75 Å². The largest absolute Gasteiger partial charge is 0.492 e. The Hall–Kier alpha value is -0.830. The van der Waals surface area contributed by atoms with Crippen molar-refractivity contribution in [1.82, 2.24) is 0 Å². The average molecular weight is 169 g/mol. The first kappa shape index (κ1) is 8.27. The molecule has 1 rings (SSSR count). The Kier molecular flexibility index (Phi) is 2.65. The lowest BCUT2D eigenvalue weighted by atomic mass is 10.3. The number of hydrogen-bond donors (Lipinski definition) is 2. The van der Waals surface area contributed by atoms with Crippen LogP contribution in [0.15, 0.2) is 23.1 Å². The Balaban J connectivity index is 2.96. The van der Waals surface area contributed by atoms with E-state index in [1.165, 1.54) is 0 Å². The fourth-order valence-electron chi connectivity index (χ4n) is 0.814. The van der Waals surface area contributed by atoms with E-state index in [0.717, 1.165) is 4.90 Å². The Morgan fingerprint density at radius 3 is 2.91 bits per heavy atom. The van der Waals surface area contributed by atoms with Crippen LogP contribution in [0.1, 0.15) is 6.92 Å². The highest BCUT2D eigenvalue weighted by Gasteiger charge is 2.00. The van der Waals surface area contributed by atoms with Gasteiger partial charge < -0.3 is 10.5 Å². The molecule has 0 heterocycles. The van der Waals surface area contributed by atoms with Crippen molar-refractivity contribution in [1.29, 1.82) is 0 Å². The molecule has 0 aliphatic carbocycles. The predicted molar refractivity (Wildman–Crippen MR) is 49.3 cm³/mol. The molecule has 0 aliphatic heterocycles. The molecular weight excluding hydrogens is 158 g/mol. The molecular formula is C8H11NOS. The van der Waals surface area contributed by atoms with Gasteiger partial charge >= 0.3 is 0 Å². The van der Waals surface area contributed by atoms with Crippen LogP contribution in [-0.2, 0) is 0 Å². The van der Waals surface area contributed by atoms with Crippen molar-refractivity contribution in [3.63, 3.8) is 0 Å². The summed E-state index contributed by atoms with van der Waals surface area (Å²) in [7, 11) is 0. The molecule has 0 fully saturated rings. The van der Waals surface area contributed by atoms with Crippen molar-refractivity contribution < 1.29 is 4.74 Å². The second-order valence-corrected chi connectivity index (χ2v) is 2.60. The maximum Gasteiger partial charge on any atom is 0.143 e. The fraction of sp³-hybridized carbons (Fsp3) is 0.250. The van der Waals surface area contributed by atoms with Crippen molar-refractivity contribution in [2.45, 2.75) is 11.8 Å². The molecule has 0 unspecified atom stereocenters. The standard InChI is InChI=1S/C8H11NOS/c1-2-10-6-4-3-5-7(11)8(6)9/h3-5,11H,2,9H2,1H3. The average Bonchev–Trinajstić information content (AvgIpc) is 1.99. The number of nitrogens with two attached hydrogens (primary N) is 1.